The van der Waals surface area contributed by atoms with Gasteiger partial charge in [0.2, 0.25) is 0 Å². The van der Waals surface area contributed by atoms with E-state index in [1.165, 1.54) is 0 Å². The van der Waals surface area contributed by atoms with Gasteiger partial charge in [-0.2, -0.15) is 0 Å². The van der Waals surface area contributed by atoms with Crippen LogP contribution in [0, 0.1) is 0 Å². The van der Waals surface area contributed by atoms with Crippen LogP contribution in [0.5, 0.6) is 0 Å². The van der Waals surface area contributed by atoms with Crippen LogP contribution in [0.1, 0.15) is 18.7 Å². The number of hydrogen-bond acceptors (Lipinski definition) is 3. The molecule has 102 valence electrons. The molecule has 0 saturated carbocycles. The molecule has 3 nitrogen and oxygen atoms in total. The van der Waals surface area contributed by atoms with Crippen molar-refractivity contribution in [3.63, 3.8) is 0 Å². The summed E-state index contributed by atoms with van der Waals surface area (Å²) in [4.78, 5) is 4.09. The Bertz CT molecular complexity index is 723. The van der Waals surface area contributed by atoms with E-state index in [0.717, 1.165) is 26.9 Å². The van der Waals surface area contributed by atoms with Crippen molar-refractivity contribution in [1.29, 1.82) is 0 Å². The van der Waals surface area contributed by atoms with Crippen LogP contribution in [0.3, 0.4) is 0 Å². The van der Waals surface area contributed by atoms with Gasteiger partial charge in [0.25, 0.3) is 0 Å². The van der Waals surface area contributed by atoms with Crippen molar-refractivity contribution in [2.45, 2.75) is 13.0 Å². The van der Waals surface area contributed by atoms with Gasteiger partial charge < -0.3 is 9.73 Å². The number of nitrogens with zero attached hydrogens (tertiary/aromatic N) is 1. The first-order chi connectivity index (χ1) is 9.63. The van der Waals surface area contributed by atoms with E-state index < -0.39 is 0 Å². The Morgan fingerprint density at radius 1 is 1.30 bits per heavy atom. The summed E-state index contributed by atoms with van der Waals surface area (Å²) < 4.78 is 6.71. The standard InChI is InChI=1S/C15H12BrClN2O/c1-9(19-12-7-11(16)8-18-15(12)17)14-6-10-4-2-3-5-13(10)20-14/h2-9,19H,1H3. The summed E-state index contributed by atoms with van der Waals surface area (Å²) in [5.74, 6) is 0.863. The largest absolute Gasteiger partial charge is 0.459 e. The molecule has 0 radical (unpaired) electrons. The summed E-state index contributed by atoms with van der Waals surface area (Å²) in [6.45, 7) is 2.02. The molecule has 1 unspecified atom stereocenters. The molecule has 1 atom stereocenters. The predicted octanol–water partition coefficient (Wildman–Crippen LogP) is 5.42. The molecule has 5 heteroatoms. The third kappa shape index (κ3) is 2.67. The summed E-state index contributed by atoms with van der Waals surface area (Å²) in [5.41, 5.74) is 1.66. The van der Waals surface area contributed by atoms with Gasteiger partial charge >= 0.3 is 0 Å². The number of halogens is 2. The lowest BCUT2D eigenvalue weighted by atomic mass is 10.2. The molecule has 0 spiro atoms. The van der Waals surface area contributed by atoms with Gasteiger partial charge in [0.1, 0.15) is 11.3 Å². The maximum atomic E-state index is 6.08. The third-order valence-corrected chi connectivity index (χ3v) is 3.78. The van der Waals surface area contributed by atoms with Crippen molar-refractivity contribution in [3.8, 4) is 0 Å². The molecule has 0 amide bonds. The number of aromatic nitrogens is 1. The van der Waals surface area contributed by atoms with Crippen LogP contribution in [0.2, 0.25) is 5.15 Å². The molecule has 20 heavy (non-hydrogen) atoms. The number of hydrogen-bond donors (Lipinski definition) is 1. The zero-order valence-corrected chi connectivity index (χ0v) is 13.1. The highest BCUT2D eigenvalue weighted by Gasteiger charge is 2.13. The molecule has 0 fully saturated rings. The van der Waals surface area contributed by atoms with E-state index in [9.17, 15) is 0 Å². The number of benzene rings is 1. The van der Waals surface area contributed by atoms with Gasteiger partial charge in [0, 0.05) is 16.1 Å². The molecule has 1 aromatic carbocycles. The van der Waals surface area contributed by atoms with E-state index in [4.69, 9.17) is 16.0 Å². The van der Waals surface area contributed by atoms with Gasteiger partial charge in [-0.05, 0) is 41.1 Å². The average Bonchev–Trinajstić information content (AvgIpc) is 2.87. The van der Waals surface area contributed by atoms with Gasteiger partial charge in [0.15, 0.2) is 5.15 Å². The number of anilines is 1. The molecule has 3 aromatic rings. The first-order valence-electron chi connectivity index (χ1n) is 6.19. The van der Waals surface area contributed by atoms with Crippen molar-refractivity contribution >= 4 is 44.2 Å². The van der Waals surface area contributed by atoms with Crippen LogP contribution < -0.4 is 5.32 Å². The topological polar surface area (TPSA) is 38.1 Å². The highest BCUT2D eigenvalue weighted by Crippen LogP contribution is 2.29. The first kappa shape index (κ1) is 13.5. The number of furan rings is 1. The van der Waals surface area contributed by atoms with Gasteiger partial charge in [-0.1, -0.05) is 29.8 Å². The van der Waals surface area contributed by atoms with Crippen LogP contribution >= 0.6 is 27.5 Å². The second-order valence-corrected chi connectivity index (χ2v) is 5.82. The second-order valence-electron chi connectivity index (χ2n) is 4.54. The Morgan fingerprint density at radius 3 is 2.90 bits per heavy atom. The van der Waals surface area contributed by atoms with Gasteiger partial charge in [-0.3, -0.25) is 0 Å². The van der Waals surface area contributed by atoms with E-state index in [2.05, 4.69) is 26.2 Å². The fourth-order valence-electron chi connectivity index (χ4n) is 2.04. The molecule has 3 rings (SSSR count). The van der Waals surface area contributed by atoms with E-state index in [1.54, 1.807) is 6.20 Å². The molecular weight excluding hydrogens is 340 g/mol. The predicted molar refractivity (Wildman–Crippen MR) is 85.2 cm³/mol. The van der Waals surface area contributed by atoms with Crippen molar-refractivity contribution in [2.24, 2.45) is 0 Å². The van der Waals surface area contributed by atoms with Crippen LogP contribution in [-0.4, -0.2) is 4.98 Å². The van der Waals surface area contributed by atoms with E-state index in [-0.39, 0.29) is 6.04 Å². The zero-order valence-electron chi connectivity index (χ0n) is 10.7. The molecule has 1 N–H and O–H groups in total. The highest BCUT2D eigenvalue weighted by molar-refractivity contribution is 9.10. The van der Waals surface area contributed by atoms with Gasteiger partial charge in [-0.25, -0.2) is 4.98 Å². The van der Waals surface area contributed by atoms with E-state index in [1.807, 2.05) is 43.3 Å². The van der Waals surface area contributed by atoms with Crippen LogP contribution in [0.25, 0.3) is 11.0 Å². The first-order valence-corrected chi connectivity index (χ1v) is 7.36. The van der Waals surface area contributed by atoms with Crippen molar-refractivity contribution in [2.75, 3.05) is 5.32 Å². The smallest absolute Gasteiger partial charge is 0.152 e. The molecule has 0 bridgehead atoms. The van der Waals surface area contributed by atoms with E-state index >= 15 is 0 Å². The monoisotopic (exact) mass is 350 g/mol. The lowest BCUT2D eigenvalue weighted by Crippen LogP contribution is -2.06. The maximum Gasteiger partial charge on any atom is 0.152 e. The molecule has 0 aliphatic carbocycles. The van der Waals surface area contributed by atoms with Crippen molar-refractivity contribution < 1.29 is 4.42 Å². The lowest BCUT2D eigenvalue weighted by Gasteiger charge is -2.13. The van der Waals surface area contributed by atoms with Gasteiger partial charge in [0.05, 0.1) is 11.7 Å². The minimum absolute atomic E-state index is 0.00370. The average molecular weight is 352 g/mol. The molecule has 0 aliphatic heterocycles. The second kappa shape index (κ2) is 5.46. The molecule has 2 aromatic heterocycles. The Balaban J connectivity index is 1.88. The quantitative estimate of drug-likeness (QED) is 0.641. The lowest BCUT2D eigenvalue weighted by molar-refractivity contribution is 0.526. The minimum Gasteiger partial charge on any atom is -0.459 e. The fourth-order valence-corrected chi connectivity index (χ4v) is 2.53. The number of para-hydroxylation sites is 1. The molecule has 0 saturated heterocycles. The third-order valence-electron chi connectivity index (χ3n) is 3.05. The number of nitrogens with one attached hydrogen (secondary N) is 1. The summed E-state index contributed by atoms with van der Waals surface area (Å²) in [6.07, 6.45) is 1.67. The number of pyridine rings is 1. The summed E-state index contributed by atoms with van der Waals surface area (Å²) in [7, 11) is 0. The number of fused-ring (bicyclic) bond motifs is 1. The van der Waals surface area contributed by atoms with E-state index in [0.29, 0.717) is 5.15 Å². The highest BCUT2D eigenvalue weighted by atomic mass is 79.9. The summed E-state index contributed by atoms with van der Waals surface area (Å²) >= 11 is 9.47. The Kier molecular flexibility index (Phi) is 3.68. The molecular formula is C15H12BrClN2O. The van der Waals surface area contributed by atoms with Crippen molar-refractivity contribution in [3.05, 3.63) is 58.0 Å². The van der Waals surface area contributed by atoms with Crippen LogP contribution in [0.15, 0.2) is 51.5 Å². The SMILES string of the molecule is CC(Nc1cc(Br)cnc1Cl)c1cc2ccccc2o1. The fraction of sp³-hybridized carbons (Fsp3) is 0.133. The zero-order chi connectivity index (χ0) is 14.1. The Hall–Kier alpha value is -1.52. The summed E-state index contributed by atoms with van der Waals surface area (Å²) in [5, 5.41) is 4.84. The molecule has 0 aliphatic rings. The number of rotatable bonds is 3. The normalized spacial score (nSPS) is 12.6. The van der Waals surface area contributed by atoms with Crippen molar-refractivity contribution in [1.82, 2.24) is 4.98 Å². The van der Waals surface area contributed by atoms with Gasteiger partial charge in [-0.15, -0.1) is 0 Å². The minimum atomic E-state index is -0.00370. The van der Waals surface area contributed by atoms with Crippen LogP contribution in [0.4, 0.5) is 5.69 Å². The molecule has 2 heterocycles. The summed E-state index contributed by atoms with van der Waals surface area (Å²) in [6, 6.07) is 11.9. The Morgan fingerprint density at radius 2 is 2.10 bits per heavy atom. The maximum absolute atomic E-state index is 6.08. The van der Waals surface area contributed by atoms with Crippen LogP contribution in [-0.2, 0) is 0 Å². The Labute approximate surface area is 130 Å².